The van der Waals surface area contributed by atoms with Gasteiger partial charge < -0.3 is 0 Å². The normalized spacial score (nSPS) is 24.6. The number of rotatable bonds is 4. The molecule has 18 heavy (non-hydrogen) atoms. The Bertz CT molecular complexity index is 510. The lowest BCUT2D eigenvalue weighted by molar-refractivity contribution is 0.514. The van der Waals surface area contributed by atoms with E-state index in [-0.39, 0.29) is 15.4 Å². The van der Waals surface area contributed by atoms with Crippen LogP contribution in [0.5, 0.6) is 0 Å². The molecule has 8 heteroatoms. The summed E-state index contributed by atoms with van der Waals surface area (Å²) >= 11 is 11.8. The van der Waals surface area contributed by atoms with Crippen molar-refractivity contribution in [3.05, 3.63) is 11.2 Å². The summed E-state index contributed by atoms with van der Waals surface area (Å²) in [5.41, 5.74) is 0. The number of nitrogens with zero attached hydrogens (tertiary/aromatic N) is 2. The Kier molecular flexibility index (Phi) is 4.21. The zero-order chi connectivity index (χ0) is 13.3. The van der Waals surface area contributed by atoms with Crippen molar-refractivity contribution in [3.63, 3.8) is 0 Å². The summed E-state index contributed by atoms with van der Waals surface area (Å²) in [5, 5.41) is 4.12. The Hall–Kier alpha value is -0.300. The zero-order valence-electron chi connectivity index (χ0n) is 9.94. The molecule has 1 aliphatic rings. The molecule has 0 bridgehead atoms. The summed E-state index contributed by atoms with van der Waals surface area (Å²) in [6, 6.07) is 0. The fourth-order valence-electron chi connectivity index (χ4n) is 2.20. The van der Waals surface area contributed by atoms with Gasteiger partial charge in [0.05, 0.1) is 11.2 Å². The molecule has 102 valence electrons. The number of halogens is 2. The van der Waals surface area contributed by atoms with Crippen molar-refractivity contribution in [2.75, 3.05) is 6.54 Å². The van der Waals surface area contributed by atoms with Crippen LogP contribution in [-0.2, 0) is 17.1 Å². The fourth-order valence-corrected chi connectivity index (χ4v) is 4.34. The van der Waals surface area contributed by atoms with Gasteiger partial charge in [-0.25, -0.2) is 13.1 Å². The van der Waals surface area contributed by atoms with Crippen molar-refractivity contribution in [1.82, 2.24) is 14.5 Å². The molecule has 5 nitrogen and oxygen atoms in total. The van der Waals surface area contributed by atoms with Crippen LogP contribution in [0.3, 0.4) is 0 Å². The third-order valence-corrected chi connectivity index (χ3v) is 5.46. The lowest BCUT2D eigenvalue weighted by atomic mass is 10.1. The smallest absolute Gasteiger partial charge is 0.255 e. The minimum Gasteiger partial charge on any atom is -0.255 e. The Morgan fingerprint density at radius 1 is 1.56 bits per heavy atom. The molecule has 1 aromatic heterocycles. The molecule has 0 aliphatic heterocycles. The van der Waals surface area contributed by atoms with E-state index < -0.39 is 10.0 Å². The summed E-state index contributed by atoms with van der Waals surface area (Å²) < 4.78 is 28.0. The second-order valence-corrected chi connectivity index (χ2v) is 7.26. The standard InChI is InChI=1S/C10H15Cl2N3O2S/c1-15-10(9(12)6-13-15)18(16,17)14-5-7-2-3-8(11)4-7/h6-8,14H,2-5H2,1H3. The monoisotopic (exact) mass is 311 g/mol. The first-order chi connectivity index (χ1) is 8.40. The van der Waals surface area contributed by atoms with Gasteiger partial charge in [-0.1, -0.05) is 11.6 Å². The lowest BCUT2D eigenvalue weighted by Gasteiger charge is -2.11. The van der Waals surface area contributed by atoms with E-state index in [9.17, 15) is 8.42 Å². The van der Waals surface area contributed by atoms with E-state index in [1.165, 1.54) is 10.9 Å². The van der Waals surface area contributed by atoms with Gasteiger partial charge in [0.25, 0.3) is 10.0 Å². The molecular weight excluding hydrogens is 297 g/mol. The Balaban J connectivity index is 2.04. The molecule has 0 radical (unpaired) electrons. The maximum Gasteiger partial charge on any atom is 0.259 e. The average Bonchev–Trinajstić information content (AvgIpc) is 2.83. The van der Waals surface area contributed by atoms with Gasteiger partial charge in [0, 0.05) is 19.0 Å². The van der Waals surface area contributed by atoms with Gasteiger partial charge in [-0.2, -0.15) is 5.10 Å². The second kappa shape index (κ2) is 5.36. The highest BCUT2D eigenvalue weighted by Gasteiger charge is 2.27. The molecule has 0 aromatic carbocycles. The van der Waals surface area contributed by atoms with Crippen molar-refractivity contribution < 1.29 is 8.42 Å². The molecule has 2 atom stereocenters. The molecule has 1 aliphatic carbocycles. The van der Waals surface area contributed by atoms with Crippen LogP contribution in [0.15, 0.2) is 11.2 Å². The number of nitrogens with one attached hydrogen (secondary N) is 1. The van der Waals surface area contributed by atoms with Crippen LogP contribution in [0.4, 0.5) is 0 Å². The summed E-state index contributed by atoms with van der Waals surface area (Å²) in [7, 11) is -2.06. The second-order valence-electron chi connectivity index (χ2n) is 4.55. The Morgan fingerprint density at radius 3 is 2.78 bits per heavy atom. The molecule has 2 unspecified atom stereocenters. The molecule has 2 rings (SSSR count). The van der Waals surface area contributed by atoms with Crippen molar-refractivity contribution in [2.24, 2.45) is 13.0 Å². The maximum absolute atomic E-state index is 12.1. The van der Waals surface area contributed by atoms with E-state index in [1.54, 1.807) is 7.05 Å². The van der Waals surface area contributed by atoms with Gasteiger partial charge in [0.15, 0.2) is 5.03 Å². The average molecular weight is 312 g/mol. The number of aryl methyl sites for hydroxylation is 1. The Labute approximate surface area is 117 Å². The molecule has 0 saturated heterocycles. The van der Waals surface area contributed by atoms with Crippen molar-refractivity contribution in [3.8, 4) is 0 Å². The van der Waals surface area contributed by atoms with Gasteiger partial charge in [-0.15, -0.1) is 11.6 Å². The van der Waals surface area contributed by atoms with Crippen LogP contribution in [-0.4, -0.2) is 30.1 Å². The van der Waals surface area contributed by atoms with Crippen LogP contribution < -0.4 is 4.72 Å². The van der Waals surface area contributed by atoms with E-state index in [1.807, 2.05) is 0 Å². The molecule has 1 saturated carbocycles. The van der Waals surface area contributed by atoms with Crippen LogP contribution in [0.25, 0.3) is 0 Å². The third-order valence-electron chi connectivity index (χ3n) is 3.14. The number of hydrogen-bond donors (Lipinski definition) is 1. The van der Waals surface area contributed by atoms with Gasteiger partial charge in [-0.05, 0) is 25.2 Å². The molecule has 0 amide bonds. The minimum atomic E-state index is -3.61. The van der Waals surface area contributed by atoms with Crippen LogP contribution in [0.1, 0.15) is 19.3 Å². The maximum atomic E-state index is 12.1. The quantitative estimate of drug-likeness (QED) is 0.862. The molecule has 1 heterocycles. The van der Waals surface area contributed by atoms with Crippen LogP contribution >= 0.6 is 23.2 Å². The van der Waals surface area contributed by atoms with Crippen molar-refractivity contribution in [1.29, 1.82) is 0 Å². The predicted octanol–water partition coefficient (Wildman–Crippen LogP) is 1.76. The van der Waals surface area contributed by atoms with E-state index in [4.69, 9.17) is 23.2 Å². The SMILES string of the molecule is Cn1ncc(Cl)c1S(=O)(=O)NCC1CCC(Cl)C1. The first-order valence-electron chi connectivity index (χ1n) is 5.71. The topological polar surface area (TPSA) is 64.0 Å². The summed E-state index contributed by atoms with van der Waals surface area (Å²) in [6.07, 6.45) is 4.07. The van der Waals surface area contributed by atoms with Gasteiger partial charge >= 0.3 is 0 Å². The van der Waals surface area contributed by atoms with E-state index >= 15 is 0 Å². The molecular formula is C10H15Cl2N3O2S. The van der Waals surface area contributed by atoms with E-state index in [0.29, 0.717) is 12.5 Å². The third kappa shape index (κ3) is 2.99. The first-order valence-corrected chi connectivity index (χ1v) is 8.01. The molecule has 1 fully saturated rings. The summed E-state index contributed by atoms with van der Waals surface area (Å²) in [4.78, 5) is 0. The van der Waals surface area contributed by atoms with E-state index in [2.05, 4.69) is 9.82 Å². The lowest BCUT2D eigenvalue weighted by Crippen LogP contribution is -2.30. The number of hydrogen-bond acceptors (Lipinski definition) is 3. The highest BCUT2D eigenvalue weighted by atomic mass is 35.5. The summed E-state index contributed by atoms with van der Waals surface area (Å²) in [5.74, 6) is 0.300. The van der Waals surface area contributed by atoms with Crippen LogP contribution in [0.2, 0.25) is 5.02 Å². The molecule has 0 spiro atoms. The summed E-state index contributed by atoms with van der Waals surface area (Å²) in [6.45, 7) is 0.396. The Morgan fingerprint density at radius 2 is 2.28 bits per heavy atom. The molecule has 1 aromatic rings. The van der Waals surface area contributed by atoms with Crippen molar-refractivity contribution in [2.45, 2.75) is 29.7 Å². The highest BCUT2D eigenvalue weighted by molar-refractivity contribution is 7.89. The first kappa shape index (κ1) is 14.1. The number of alkyl halides is 1. The minimum absolute atomic E-state index is 0.00425. The van der Waals surface area contributed by atoms with Crippen LogP contribution in [0, 0.1) is 5.92 Å². The zero-order valence-corrected chi connectivity index (χ0v) is 12.3. The van der Waals surface area contributed by atoms with E-state index in [0.717, 1.165) is 19.3 Å². The highest BCUT2D eigenvalue weighted by Crippen LogP contribution is 2.29. The van der Waals surface area contributed by atoms with Crippen molar-refractivity contribution >= 4 is 33.2 Å². The largest absolute Gasteiger partial charge is 0.259 e. The van der Waals surface area contributed by atoms with Gasteiger partial charge in [0.1, 0.15) is 0 Å². The predicted molar refractivity (Wildman–Crippen MR) is 70.4 cm³/mol. The van der Waals surface area contributed by atoms with Gasteiger partial charge in [-0.3, -0.25) is 4.68 Å². The molecule has 1 N–H and O–H groups in total. The fraction of sp³-hybridized carbons (Fsp3) is 0.700. The number of aromatic nitrogens is 2. The van der Waals surface area contributed by atoms with Gasteiger partial charge in [0.2, 0.25) is 0 Å². The number of sulfonamides is 1.